The molecular weight excluding hydrogens is 162 g/mol. The van der Waals surface area contributed by atoms with Crippen LogP contribution in [0.4, 0.5) is 0 Å². The van der Waals surface area contributed by atoms with Crippen LogP contribution in [0.1, 0.15) is 11.4 Å². The minimum atomic E-state index is 1.02. The standard InChI is InChI=1S/C10H11N3/c1-13-8-2-3-10(13)5-4-9-6-7-11-12-9/h2-8H,1H3,(H,11,12)/b5-4+. The molecule has 13 heavy (non-hydrogen) atoms. The first-order chi connectivity index (χ1) is 6.36. The highest BCUT2D eigenvalue weighted by atomic mass is 15.1. The van der Waals surface area contributed by atoms with Crippen LogP contribution in [0.2, 0.25) is 0 Å². The molecule has 0 saturated carbocycles. The van der Waals surface area contributed by atoms with E-state index in [1.165, 1.54) is 5.69 Å². The third-order valence-electron chi connectivity index (χ3n) is 1.94. The molecule has 0 aliphatic carbocycles. The summed E-state index contributed by atoms with van der Waals surface area (Å²) >= 11 is 0. The molecule has 0 amide bonds. The molecule has 2 aromatic rings. The van der Waals surface area contributed by atoms with Crippen molar-refractivity contribution < 1.29 is 0 Å². The molecule has 0 fully saturated rings. The summed E-state index contributed by atoms with van der Waals surface area (Å²) in [7, 11) is 2.02. The predicted molar refractivity (Wildman–Crippen MR) is 52.9 cm³/mol. The number of H-pyrrole nitrogens is 1. The van der Waals surface area contributed by atoms with Gasteiger partial charge in [-0.3, -0.25) is 5.10 Å². The lowest BCUT2D eigenvalue weighted by Crippen LogP contribution is -1.86. The summed E-state index contributed by atoms with van der Waals surface area (Å²) in [5.74, 6) is 0. The largest absolute Gasteiger partial charge is 0.351 e. The number of rotatable bonds is 2. The number of nitrogens with one attached hydrogen (secondary N) is 1. The number of aryl methyl sites for hydroxylation is 1. The Hall–Kier alpha value is -1.77. The van der Waals surface area contributed by atoms with Crippen molar-refractivity contribution in [2.75, 3.05) is 0 Å². The molecule has 0 atom stereocenters. The van der Waals surface area contributed by atoms with Gasteiger partial charge in [-0.05, 0) is 30.4 Å². The van der Waals surface area contributed by atoms with E-state index in [9.17, 15) is 0 Å². The monoisotopic (exact) mass is 173 g/mol. The minimum absolute atomic E-state index is 1.02. The molecule has 2 rings (SSSR count). The van der Waals surface area contributed by atoms with E-state index >= 15 is 0 Å². The van der Waals surface area contributed by atoms with Crippen LogP contribution in [0.25, 0.3) is 12.2 Å². The second kappa shape index (κ2) is 3.31. The van der Waals surface area contributed by atoms with Gasteiger partial charge in [0.25, 0.3) is 0 Å². The molecule has 0 aromatic carbocycles. The van der Waals surface area contributed by atoms with Crippen LogP contribution in [-0.2, 0) is 7.05 Å². The average molecular weight is 173 g/mol. The van der Waals surface area contributed by atoms with E-state index in [4.69, 9.17) is 0 Å². The molecule has 3 heteroatoms. The number of hydrogen-bond acceptors (Lipinski definition) is 1. The quantitative estimate of drug-likeness (QED) is 0.739. The fourth-order valence-electron chi connectivity index (χ4n) is 1.18. The topological polar surface area (TPSA) is 33.6 Å². The van der Waals surface area contributed by atoms with Gasteiger partial charge in [-0.15, -0.1) is 0 Å². The van der Waals surface area contributed by atoms with E-state index in [1.807, 2.05) is 37.5 Å². The highest BCUT2D eigenvalue weighted by molar-refractivity contribution is 5.66. The van der Waals surface area contributed by atoms with E-state index in [2.05, 4.69) is 20.8 Å². The van der Waals surface area contributed by atoms with Crippen LogP contribution in [0.3, 0.4) is 0 Å². The Bertz CT molecular complexity index is 395. The van der Waals surface area contributed by atoms with Crippen molar-refractivity contribution in [3.63, 3.8) is 0 Å². The molecule has 0 aliphatic heterocycles. The van der Waals surface area contributed by atoms with Crippen LogP contribution in [0.5, 0.6) is 0 Å². The molecule has 0 unspecified atom stereocenters. The second-order valence-corrected chi connectivity index (χ2v) is 2.89. The van der Waals surface area contributed by atoms with E-state index < -0.39 is 0 Å². The predicted octanol–water partition coefficient (Wildman–Crippen LogP) is 1.92. The summed E-state index contributed by atoms with van der Waals surface area (Å²) in [6, 6.07) is 6.01. The average Bonchev–Trinajstić information content (AvgIpc) is 2.72. The molecule has 2 aromatic heterocycles. The van der Waals surface area contributed by atoms with E-state index in [1.54, 1.807) is 6.20 Å². The van der Waals surface area contributed by atoms with Crippen molar-refractivity contribution >= 4 is 12.2 Å². The summed E-state index contributed by atoms with van der Waals surface area (Å²) in [4.78, 5) is 0. The van der Waals surface area contributed by atoms with Gasteiger partial charge in [0, 0.05) is 25.1 Å². The maximum Gasteiger partial charge on any atom is 0.0578 e. The van der Waals surface area contributed by atoms with Crippen molar-refractivity contribution in [1.82, 2.24) is 14.8 Å². The van der Waals surface area contributed by atoms with Crippen molar-refractivity contribution in [2.24, 2.45) is 7.05 Å². The van der Waals surface area contributed by atoms with Gasteiger partial charge in [0.2, 0.25) is 0 Å². The first kappa shape index (κ1) is 7.86. The molecule has 66 valence electrons. The van der Waals surface area contributed by atoms with Crippen LogP contribution in [-0.4, -0.2) is 14.8 Å². The van der Waals surface area contributed by atoms with Gasteiger partial charge < -0.3 is 4.57 Å². The Morgan fingerprint density at radius 3 is 2.92 bits per heavy atom. The number of aromatic nitrogens is 3. The highest BCUT2D eigenvalue weighted by Gasteiger charge is 1.90. The molecule has 0 bridgehead atoms. The first-order valence-electron chi connectivity index (χ1n) is 4.15. The van der Waals surface area contributed by atoms with Gasteiger partial charge in [-0.25, -0.2) is 0 Å². The number of hydrogen-bond donors (Lipinski definition) is 1. The van der Waals surface area contributed by atoms with Gasteiger partial charge in [0.1, 0.15) is 0 Å². The molecule has 3 nitrogen and oxygen atoms in total. The van der Waals surface area contributed by atoms with Crippen molar-refractivity contribution in [2.45, 2.75) is 0 Å². The Morgan fingerprint density at radius 1 is 1.38 bits per heavy atom. The zero-order valence-corrected chi connectivity index (χ0v) is 7.44. The van der Waals surface area contributed by atoms with Gasteiger partial charge in [0.05, 0.1) is 5.69 Å². The van der Waals surface area contributed by atoms with Crippen LogP contribution >= 0.6 is 0 Å². The third kappa shape index (κ3) is 1.69. The zero-order chi connectivity index (χ0) is 9.10. The SMILES string of the molecule is Cn1cccc1/C=C/c1ccn[nH]1. The molecule has 0 saturated heterocycles. The zero-order valence-electron chi connectivity index (χ0n) is 7.44. The van der Waals surface area contributed by atoms with Gasteiger partial charge in [-0.2, -0.15) is 5.10 Å². The molecule has 0 radical (unpaired) electrons. The summed E-state index contributed by atoms with van der Waals surface area (Å²) in [6.45, 7) is 0. The second-order valence-electron chi connectivity index (χ2n) is 2.89. The summed E-state index contributed by atoms with van der Waals surface area (Å²) in [5, 5.41) is 6.73. The Labute approximate surface area is 76.7 Å². The lowest BCUT2D eigenvalue weighted by atomic mass is 10.3. The first-order valence-corrected chi connectivity index (χ1v) is 4.15. The van der Waals surface area contributed by atoms with Crippen molar-refractivity contribution in [3.8, 4) is 0 Å². The Balaban J connectivity index is 2.19. The molecule has 1 N–H and O–H groups in total. The summed E-state index contributed by atoms with van der Waals surface area (Å²) in [6.07, 6.45) is 7.81. The van der Waals surface area contributed by atoms with E-state index in [-0.39, 0.29) is 0 Å². The maximum absolute atomic E-state index is 3.86. The van der Waals surface area contributed by atoms with E-state index in [0.717, 1.165) is 5.69 Å². The lowest BCUT2D eigenvalue weighted by molar-refractivity contribution is 0.915. The molecular formula is C10H11N3. The summed E-state index contributed by atoms with van der Waals surface area (Å²) < 4.78 is 2.06. The molecule has 0 spiro atoms. The maximum atomic E-state index is 3.86. The number of aromatic amines is 1. The summed E-state index contributed by atoms with van der Waals surface area (Å²) in [5.41, 5.74) is 2.19. The minimum Gasteiger partial charge on any atom is -0.351 e. The van der Waals surface area contributed by atoms with Crippen LogP contribution in [0, 0.1) is 0 Å². The van der Waals surface area contributed by atoms with Crippen LogP contribution in [0.15, 0.2) is 30.6 Å². The fraction of sp³-hybridized carbons (Fsp3) is 0.100. The van der Waals surface area contributed by atoms with Crippen LogP contribution < -0.4 is 0 Å². The Morgan fingerprint density at radius 2 is 2.31 bits per heavy atom. The van der Waals surface area contributed by atoms with Gasteiger partial charge >= 0.3 is 0 Å². The lowest BCUT2D eigenvalue weighted by Gasteiger charge is -1.94. The third-order valence-corrected chi connectivity index (χ3v) is 1.94. The van der Waals surface area contributed by atoms with E-state index in [0.29, 0.717) is 0 Å². The van der Waals surface area contributed by atoms with Gasteiger partial charge in [-0.1, -0.05) is 0 Å². The van der Waals surface area contributed by atoms with Crippen molar-refractivity contribution in [3.05, 3.63) is 42.0 Å². The van der Waals surface area contributed by atoms with Crippen molar-refractivity contribution in [1.29, 1.82) is 0 Å². The molecule has 0 aliphatic rings. The van der Waals surface area contributed by atoms with Gasteiger partial charge in [0.15, 0.2) is 0 Å². The normalized spacial score (nSPS) is 11.2. The highest BCUT2D eigenvalue weighted by Crippen LogP contribution is 2.05. The molecule has 2 heterocycles. The number of nitrogens with zero attached hydrogens (tertiary/aromatic N) is 2. The smallest absolute Gasteiger partial charge is 0.0578 e. The Kier molecular flexibility index (Phi) is 2.00. The fourth-order valence-corrected chi connectivity index (χ4v) is 1.18.